The molecule has 7 heteroatoms. The molecule has 0 radical (unpaired) electrons. The largest absolute Gasteiger partial charge is 0.465 e. The van der Waals surface area contributed by atoms with Gasteiger partial charge in [-0.05, 0) is 56.8 Å². The van der Waals surface area contributed by atoms with Crippen LogP contribution < -0.4 is 15.4 Å². The molecule has 0 bridgehead atoms. The highest BCUT2D eigenvalue weighted by Crippen LogP contribution is 2.46. The standard InChI is InChI=1S/C23H29ClN2O4/c1-16-7-2-3-11-20(16)30-21-18(9-4-10-19(21)24)23(29,12-6-14-26-22(27)28)17-8-5-13-25-15-17/h2-4,7,9-11,17,25-26,29H,5-6,8,12-15H2,1H3,(H,27,28). The molecular formula is C23H29ClN2O4. The molecule has 0 saturated carbocycles. The van der Waals surface area contributed by atoms with Crippen LogP contribution in [0.1, 0.15) is 36.8 Å². The Morgan fingerprint density at radius 1 is 1.30 bits per heavy atom. The number of hydrogen-bond donors (Lipinski definition) is 4. The molecule has 2 aromatic rings. The number of rotatable bonds is 8. The monoisotopic (exact) mass is 432 g/mol. The Morgan fingerprint density at radius 3 is 2.80 bits per heavy atom. The normalized spacial score (nSPS) is 18.4. The predicted molar refractivity (Wildman–Crippen MR) is 117 cm³/mol. The first-order valence-electron chi connectivity index (χ1n) is 10.3. The van der Waals surface area contributed by atoms with Crippen molar-refractivity contribution in [3.63, 3.8) is 0 Å². The molecule has 0 aromatic heterocycles. The molecule has 3 rings (SSSR count). The highest BCUT2D eigenvalue weighted by molar-refractivity contribution is 6.32. The van der Waals surface area contributed by atoms with Crippen LogP contribution in [0, 0.1) is 12.8 Å². The van der Waals surface area contributed by atoms with Crippen LogP contribution in [0.2, 0.25) is 5.02 Å². The van der Waals surface area contributed by atoms with Gasteiger partial charge in [0, 0.05) is 24.6 Å². The smallest absolute Gasteiger partial charge is 0.404 e. The topological polar surface area (TPSA) is 90.8 Å². The van der Waals surface area contributed by atoms with Crippen molar-refractivity contribution >= 4 is 17.7 Å². The maximum absolute atomic E-state index is 12.0. The first-order valence-corrected chi connectivity index (χ1v) is 10.7. The minimum Gasteiger partial charge on any atom is -0.465 e. The molecule has 0 spiro atoms. The van der Waals surface area contributed by atoms with Crippen molar-refractivity contribution in [3.05, 3.63) is 58.6 Å². The van der Waals surface area contributed by atoms with Gasteiger partial charge in [-0.1, -0.05) is 41.9 Å². The van der Waals surface area contributed by atoms with Gasteiger partial charge in [0.05, 0.1) is 10.6 Å². The van der Waals surface area contributed by atoms with Crippen LogP contribution in [-0.2, 0) is 5.60 Å². The molecule has 1 saturated heterocycles. The third-order valence-electron chi connectivity index (χ3n) is 5.72. The van der Waals surface area contributed by atoms with Crippen molar-refractivity contribution in [1.82, 2.24) is 10.6 Å². The number of benzene rings is 2. The second-order valence-corrected chi connectivity index (χ2v) is 8.19. The van der Waals surface area contributed by atoms with Gasteiger partial charge in [-0.15, -0.1) is 0 Å². The Hall–Kier alpha value is -2.28. The number of amides is 1. The minimum atomic E-state index is -1.20. The Balaban J connectivity index is 1.96. The number of ether oxygens (including phenoxy) is 1. The van der Waals surface area contributed by atoms with Crippen molar-refractivity contribution < 1.29 is 19.7 Å². The van der Waals surface area contributed by atoms with E-state index in [9.17, 15) is 9.90 Å². The number of aliphatic hydroxyl groups is 1. The lowest BCUT2D eigenvalue weighted by molar-refractivity contribution is -0.0433. The summed E-state index contributed by atoms with van der Waals surface area (Å²) in [5, 5.41) is 27.0. The van der Waals surface area contributed by atoms with Crippen molar-refractivity contribution in [3.8, 4) is 11.5 Å². The summed E-state index contributed by atoms with van der Waals surface area (Å²) in [6, 6.07) is 13.1. The zero-order valence-corrected chi connectivity index (χ0v) is 17.9. The van der Waals surface area contributed by atoms with Crippen LogP contribution >= 0.6 is 11.6 Å². The lowest BCUT2D eigenvalue weighted by Crippen LogP contribution is -2.45. The van der Waals surface area contributed by atoms with E-state index in [-0.39, 0.29) is 12.5 Å². The number of para-hydroxylation sites is 2. The summed E-state index contributed by atoms with van der Waals surface area (Å²) in [7, 11) is 0. The number of piperidine rings is 1. The Morgan fingerprint density at radius 2 is 2.10 bits per heavy atom. The van der Waals surface area contributed by atoms with Crippen molar-refractivity contribution in [1.29, 1.82) is 0 Å². The van der Waals surface area contributed by atoms with Crippen LogP contribution in [0.5, 0.6) is 11.5 Å². The van der Waals surface area contributed by atoms with Gasteiger partial charge in [0.15, 0.2) is 5.75 Å². The van der Waals surface area contributed by atoms with Gasteiger partial charge in [0.1, 0.15) is 5.75 Å². The fourth-order valence-electron chi connectivity index (χ4n) is 4.11. The lowest BCUT2D eigenvalue weighted by Gasteiger charge is -2.40. The first-order chi connectivity index (χ1) is 14.4. The van der Waals surface area contributed by atoms with E-state index in [2.05, 4.69) is 10.6 Å². The molecule has 30 heavy (non-hydrogen) atoms. The molecule has 2 aromatic carbocycles. The highest BCUT2D eigenvalue weighted by atomic mass is 35.5. The van der Waals surface area contributed by atoms with Gasteiger partial charge in [-0.2, -0.15) is 0 Å². The average molecular weight is 433 g/mol. The Labute approximate surface area is 182 Å². The molecule has 1 heterocycles. The third kappa shape index (κ3) is 5.25. The van der Waals surface area contributed by atoms with Crippen LogP contribution in [0.25, 0.3) is 0 Å². The number of hydrogen-bond acceptors (Lipinski definition) is 4. The van der Waals surface area contributed by atoms with Crippen molar-refractivity contribution in [2.75, 3.05) is 19.6 Å². The average Bonchev–Trinajstić information content (AvgIpc) is 2.74. The van der Waals surface area contributed by atoms with E-state index in [1.54, 1.807) is 6.07 Å². The van der Waals surface area contributed by atoms with E-state index in [1.165, 1.54) is 0 Å². The second-order valence-electron chi connectivity index (χ2n) is 7.79. The van der Waals surface area contributed by atoms with Crippen LogP contribution in [0.3, 0.4) is 0 Å². The molecule has 162 valence electrons. The molecule has 6 nitrogen and oxygen atoms in total. The van der Waals surface area contributed by atoms with E-state index < -0.39 is 11.7 Å². The molecule has 1 amide bonds. The highest BCUT2D eigenvalue weighted by Gasteiger charge is 2.41. The molecule has 1 aliphatic rings. The number of carboxylic acid groups (broad SMARTS) is 1. The van der Waals surface area contributed by atoms with Gasteiger partial charge in [-0.25, -0.2) is 4.79 Å². The van der Waals surface area contributed by atoms with Crippen LogP contribution in [0.4, 0.5) is 4.79 Å². The molecule has 2 atom stereocenters. The number of nitrogens with one attached hydrogen (secondary N) is 2. The summed E-state index contributed by atoms with van der Waals surface area (Å²) in [6.45, 7) is 3.83. The van der Waals surface area contributed by atoms with Gasteiger partial charge >= 0.3 is 6.09 Å². The van der Waals surface area contributed by atoms with E-state index in [0.29, 0.717) is 41.5 Å². The fraction of sp³-hybridized carbons (Fsp3) is 0.435. The minimum absolute atomic E-state index is 0.0336. The SMILES string of the molecule is Cc1ccccc1Oc1c(Cl)cccc1C(O)(CCCNC(=O)O)C1CCCNC1. The van der Waals surface area contributed by atoms with Gasteiger partial charge in [0.25, 0.3) is 0 Å². The van der Waals surface area contributed by atoms with Crippen LogP contribution in [0.15, 0.2) is 42.5 Å². The maximum atomic E-state index is 12.0. The first kappa shape index (κ1) is 22.4. The summed E-state index contributed by atoms with van der Waals surface area (Å²) < 4.78 is 6.23. The van der Waals surface area contributed by atoms with Crippen LogP contribution in [-0.4, -0.2) is 35.9 Å². The lowest BCUT2D eigenvalue weighted by atomic mass is 9.74. The van der Waals surface area contributed by atoms with E-state index in [4.69, 9.17) is 21.4 Å². The Kier molecular flexibility index (Phi) is 7.58. The third-order valence-corrected chi connectivity index (χ3v) is 6.02. The fourth-order valence-corrected chi connectivity index (χ4v) is 4.32. The second kappa shape index (κ2) is 10.2. The maximum Gasteiger partial charge on any atom is 0.404 e. The van der Waals surface area contributed by atoms with Gasteiger partial charge in [-0.3, -0.25) is 0 Å². The van der Waals surface area contributed by atoms with Gasteiger partial charge < -0.3 is 25.6 Å². The summed E-state index contributed by atoms with van der Waals surface area (Å²) in [6.07, 6.45) is 1.66. The number of carbonyl (C=O) groups is 1. The molecule has 1 fully saturated rings. The molecule has 0 aliphatic carbocycles. The Bertz CT molecular complexity index is 870. The zero-order valence-electron chi connectivity index (χ0n) is 17.2. The zero-order chi connectivity index (χ0) is 21.6. The summed E-state index contributed by atoms with van der Waals surface area (Å²) in [5.41, 5.74) is 0.412. The quantitative estimate of drug-likeness (QED) is 0.455. The van der Waals surface area contributed by atoms with E-state index in [1.807, 2.05) is 43.3 Å². The molecule has 1 aliphatic heterocycles. The van der Waals surface area contributed by atoms with E-state index >= 15 is 0 Å². The van der Waals surface area contributed by atoms with Crippen molar-refractivity contribution in [2.24, 2.45) is 5.92 Å². The predicted octanol–water partition coefficient (Wildman–Crippen LogP) is 4.68. The summed E-state index contributed by atoms with van der Waals surface area (Å²) in [4.78, 5) is 10.8. The van der Waals surface area contributed by atoms with Crippen molar-refractivity contribution in [2.45, 2.75) is 38.2 Å². The summed E-state index contributed by atoms with van der Waals surface area (Å²) >= 11 is 6.54. The molecular weight excluding hydrogens is 404 g/mol. The van der Waals surface area contributed by atoms with Gasteiger partial charge in [0.2, 0.25) is 0 Å². The number of aryl methyl sites for hydroxylation is 1. The number of halogens is 1. The molecule has 2 unspecified atom stereocenters. The van der Waals surface area contributed by atoms with E-state index in [0.717, 1.165) is 24.9 Å². The molecule has 4 N–H and O–H groups in total. The summed E-state index contributed by atoms with van der Waals surface area (Å²) in [5.74, 6) is 1.10.